The smallest absolute Gasteiger partial charge is 0.119 e. The van der Waals surface area contributed by atoms with Crippen LogP contribution in [0, 0.1) is 11.8 Å². The van der Waals surface area contributed by atoms with E-state index in [0.717, 1.165) is 40.4 Å². The lowest BCUT2D eigenvalue weighted by atomic mass is 9.78. The third-order valence-electron chi connectivity index (χ3n) is 9.24. The normalized spacial score (nSPS) is 15.3. The van der Waals surface area contributed by atoms with Gasteiger partial charge in [0, 0.05) is 10.8 Å². The predicted molar refractivity (Wildman–Crippen MR) is 201 cm³/mol. The van der Waals surface area contributed by atoms with E-state index in [-0.39, 0.29) is 41.3 Å². The van der Waals surface area contributed by atoms with Crippen molar-refractivity contribution in [3.63, 3.8) is 0 Å². The molecule has 0 saturated carbocycles. The molecule has 1 fully saturated rings. The second kappa shape index (κ2) is 18.3. The Morgan fingerprint density at radius 1 is 0.620 bits per heavy atom. The highest BCUT2D eigenvalue weighted by molar-refractivity contribution is 5.44. The van der Waals surface area contributed by atoms with Gasteiger partial charge in [-0.2, -0.15) is 0 Å². The number of rotatable bonds is 12. The second-order valence-electron chi connectivity index (χ2n) is 14.8. The molecule has 4 N–H and O–H groups in total. The molecule has 50 heavy (non-hydrogen) atoms. The highest BCUT2D eigenvalue weighted by Crippen LogP contribution is 2.36. The topological polar surface area (TPSA) is 112 Å². The van der Waals surface area contributed by atoms with Crippen LogP contribution in [0.2, 0.25) is 0 Å². The fourth-order valence-electron chi connectivity index (χ4n) is 4.80. The lowest BCUT2D eigenvalue weighted by Gasteiger charge is -2.27. The maximum atomic E-state index is 9.87. The van der Waals surface area contributed by atoms with E-state index in [1.54, 1.807) is 25.1 Å². The molecule has 1 aliphatic rings. The zero-order valence-electron chi connectivity index (χ0n) is 31.3. The monoisotopic (exact) mass is 686 g/mol. The highest BCUT2D eigenvalue weighted by atomic mass is 16.6. The van der Waals surface area contributed by atoms with Gasteiger partial charge < -0.3 is 34.6 Å². The van der Waals surface area contributed by atoms with E-state index < -0.39 is 6.10 Å². The van der Waals surface area contributed by atoms with Gasteiger partial charge in [-0.3, -0.25) is 0 Å². The zero-order valence-corrected chi connectivity index (χ0v) is 31.3. The van der Waals surface area contributed by atoms with Crippen molar-refractivity contribution in [1.82, 2.24) is 0 Å². The summed E-state index contributed by atoms with van der Waals surface area (Å²) in [6, 6.07) is 30.7. The second-order valence-corrected chi connectivity index (χ2v) is 14.8. The van der Waals surface area contributed by atoms with Crippen molar-refractivity contribution in [3.8, 4) is 23.0 Å². The van der Waals surface area contributed by atoms with E-state index in [1.165, 1.54) is 0 Å². The fourth-order valence-corrected chi connectivity index (χ4v) is 4.80. The summed E-state index contributed by atoms with van der Waals surface area (Å²) >= 11 is 0. The van der Waals surface area contributed by atoms with Crippen molar-refractivity contribution < 1.29 is 34.6 Å². The van der Waals surface area contributed by atoms with Crippen LogP contribution in [-0.2, 0) is 15.6 Å². The molecule has 0 amide bonds. The number of aliphatic hydroxyl groups is 2. The summed E-state index contributed by atoms with van der Waals surface area (Å²) in [4.78, 5) is 0. The third-order valence-corrected chi connectivity index (χ3v) is 9.24. The summed E-state index contributed by atoms with van der Waals surface area (Å²) in [5.74, 6) is 2.74. The molecule has 5 rings (SSSR count). The molecule has 7 heteroatoms. The number of phenolic OH excluding ortho intramolecular Hbond substituents is 2. The van der Waals surface area contributed by atoms with Crippen LogP contribution in [0.5, 0.6) is 23.0 Å². The average Bonchev–Trinajstić information content (AvgIpc) is 3.92. The minimum absolute atomic E-state index is 0.148. The Kier molecular flexibility index (Phi) is 14.8. The van der Waals surface area contributed by atoms with Crippen molar-refractivity contribution in [2.24, 2.45) is 11.8 Å². The first-order valence-electron chi connectivity index (χ1n) is 17.5. The minimum atomic E-state index is -0.474. The van der Waals surface area contributed by atoms with Crippen molar-refractivity contribution >= 4 is 0 Å². The number of epoxide rings is 1. The molecule has 7 nitrogen and oxygen atoms in total. The number of ether oxygens (including phenoxy) is 3. The summed E-state index contributed by atoms with van der Waals surface area (Å²) in [6.45, 7) is 19.9. The van der Waals surface area contributed by atoms with Gasteiger partial charge in [-0.25, -0.2) is 0 Å². The van der Waals surface area contributed by atoms with Crippen molar-refractivity contribution in [3.05, 3.63) is 119 Å². The van der Waals surface area contributed by atoms with Gasteiger partial charge in [0.05, 0.1) is 18.8 Å². The first-order chi connectivity index (χ1) is 23.5. The summed E-state index contributed by atoms with van der Waals surface area (Å²) < 4.78 is 16.6. The largest absolute Gasteiger partial charge is 0.508 e. The maximum Gasteiger partial charge on any atom is 0.119 e. The molecular weight excluding hydrogens is 628 g/mol. The molecular formula is C43H58O7. The summed E-state index contributed by atoms with van der Waals surface area (Å²) in [7, 11) is 0. The molecule has 0 spiro atoms. The SMILES string of the molecule is CC(C)(c1cccc(O)c1)c1cccc(OCC2CO2)c1.CC(C)C(C)O.CC(C)C(O)COc1cccc(C(C)(C)c2cccc(O)c2)c1. The van der Waals surface area contributed by atoms with E-state index in [0.29, 0.717) is 18.3 Å². The number of aliphatic hydroxyl groups excluding tert-OH is 2. The van der Waals surface area contributed by atoms with Gasteiger partial charge in [0.15, 0.2) is 0 Å². The molecule has 3 atom stereocenters. The molecule has 4 aromatic carbocycles. The van der Waals surface area contributed by atoms with Gasteiger partial charge in [0.1, 0.15) is 42.3 Å². The predicted octanol–water partition coefficient (Wildman–Crippen LogP) is 8.63. The Balaban J connectivity index is 0.000000233. The quantitative estimate of drug-likeness (QED) is 0.110. The number of phenols is 2. The molecule has 1 heterocycles. The van der Waals surface area contributed by atoms with Crippen LogP contribution in [-0.4, -0.2) is 58.6 Å². The van der Waals surface area contributed by atoms with Gasteiger partial charge in [0.2, 0.25) is 0 Å². The van der Waals surface area contributed by atoms with Gasteiger partial charge in [-0.05, 0) is 89.5 Å². The minimum Gasteiger partial charge on any atom is -0.508 e. The number of aromatic hydroxyl groups is 2. The number of hydrogen-bond donors (Lipinski definition) is 4. The van der Waals surface area contributed by atoms with Crippen LogP contribution >= 0.6 is 0 Å². The molecule has 0 radical (unpaired) electrons. The Bertz CT molecular complexity index is 1600. The molecule has 0 aliphatic carbocycles. The molecule has 0 aromatic heterocycles. The molecule has 0 bridgehead atoms. The van der Waals surface area contributed by atoms with Crippen LogP contribution in [0.15, 0.2) is 97.1 Å². The molecule has 4 aromatic rings. The molecule has 272 valence electrons. The van der Waals surface area contributed by atoms with Crippen molar-refractivity contribution in [2.75, 3.05) is 19.8 Å². The van der Waals surface area contributed by atoms with E-state index in [1.807, 2.05) is 88.4 Å². The third kappa shape index (κ3) is 12.4. The van der Waals surface area contributed by atoms with E-state index in [4.69, 9.17) is 19.3 Å². The summed E-state index contributed by atoms with van der Waals surface area (Å²) in [5.41, 5.74) is 3.91. The Morgan fingerprint density at radius 2 is 1.00 bits per heavy atom. The van der Waals surface area contributed by atoms with Crippen LogP contribution in [0.25, 0.3) is 0 Å². The van der Waals surface area contributed by atoms with Gasteiger partial charge >= 0.3 is 0 Å². The van der Waals surface area contributed by atoms with E-state index in [9.17, 15) is 15.3 Å². The first kappa shape index (κ1) is 40.4. The highest BCUT2D eigenvalue weighted by Gasteiger charge is 2.26. The van der Waals surface area contributed by atoms with Crippen molar-refractivity contribution in [2.45, 2.75) is 91.5 Å². The molecule has 1 saturated heterocycles. The van der Waals surface area contributed by atoms with E-state index >= 15 is 0 Å². The van der Waals surface area contributed by atoms with Gasteiger partial charge in [0.25, 0.3) is 0 Å². The van der Waals surface area contributed by atoms with Crippen LogP contribution < -0.4 is 9.47 Å². The Morgan fingerprint density at radius 3 is 1.36 bits per heavy atom. The Labute approximate surface area is 299 Å². The zero-order chi connectivity index (χ0) is 37.1. The molecule has 1 aliphatic heterocycles. The molecule has 3 unspecified atom stereocenters. The Hall–Kier alpha value is -4.04. The van der Waals surface area contributed by atoms with E-state index in [2.05, 4.69) is 45.9 Å². The standard InChI is InChI=1S/C20H26O3.C18H20O3.C5H12O/c1-14(2)19(22)13-23-18-10-6-8-16(12-18)20(3,4)15-7-5-9-17(21)11-15;1-18(2,13-5-3-7-15(19)9-13)14-6-4-8-16(10-14)20-11-17-12-21-17;1-4(2)5(3)6/h5-12,14,19,21-22H,13H2,1-4H3;3-10,17,19H,11-12H2,1-2H3;4-6H,1-3H3. The lowest BCUT2D eigenvalue weighted by molar-refractivity contribution is 0.0701. The van der Waals surface area contributed by atoms with Crippen LogP contribution in [0.4, 0.5) is 0 Å². The van der Waals surface area contributed by atoms with Crippen LogP contribution in [0.1, 0.15) is 84.6 Å². The first-order valence-corrected chi connectivity index (χ1v) is 17.5. The van der Waals surface area contributed by atoms with Crippen molar-refractivity contribution in [1.29, 1.82) is 0 Å². The fraction of sp³-hybridized carbons (Fsp3) is 0.442. The summed E-state index contributed by atoms with van der Waals surface area (Å²) in [5, 5.41) is 37.9. The number of benzene rings is 4. The summed E-state index contributed by atoms with van der Waals surface area (Å²) in [6.07, 6.45) is -0.365. The van der Waals surface area contributed by atoms with Crippen LogP contribution in [0.3, 0.4) is 0 Å². The maximum absolute atomic E-state index is 9.87. The number of hydrogen-bond acceptors (Lipinski definition) is 7. The van der Waals surface area contributed by atoms with Gasteiger partial charge in [-0.1, -0.05) is 104 Å². The average molecular weight is 687 g/mol. The van der Waals surface area contributed by atoms with Gasteiger partial charge in [-0.15, -0.1) is 0 Å². The lowest BCUT2D eigenvalue weighted by Crippen LogP contribution is -2.23.